The molecule has 0 N–H and O–H groups in total. The second kappa shape index (κ2) is 13.8. The van der Waals surface area contributed by atoms with Crippen LogP contribution in [0.25, 0.3) is 15.6 Å². The summed E-state index contributed by atoms with van der Waals surface area (Å²) in [7, 11) is 2.14. The fourth-order valence-electron chi connectivity index (χ4n) is 6.83. The van der Waals surface area contributed by atoms with E-state index in [0.29, 0.717) is 56.3 Å². The lowest BCUT2D eigenvalue weighted by Crippen LogP contribution is -2.57. The van der Waals surface area contributed by atoms with E-state index < -0.39 is 17.8 Å². The molecule has 1 aromatic carbocycles. The quantitative estimate of drug-likeness (QED) is 0.221. The van der Waals surface area contributed by atoms with Gasteiger partial charge < -0.3 is 29.2 Å². The first-order chi connectivity index (χ1) is 22.2. The van der Waals surface area contributed by atoms with Gasteiger partial charge in [-0.15, -0.1) is 0 Å². The highest BCUT2D eigenvalue weighted by molar-refractivity contribution is 6.36. The topological polar surface area (TPSA) is 82.3 Å². The van der Waals surface area contributed by atoms with E-state index in [4.69, 9.17) is 32.9 Å². The Labute approximate surface area is 274 Å². The van der Waals surface area contributed by atoms with Crippen molar-refractivity contribution in [1.29, 1.82) is 0 Å². The maximum absolute atomic E-state index is 13.8. The van der Waals surface area contributed by atoms with Crippen molar-refractivity contribution >= 4 is 39.8 Å². The van der Waals surface area contributed by atoms with Gasteiger partial charge in [0.2, 0.25) is 6.54 Å². The van der Waals surface area contributed by atoms with Crippen molar-refractivity contribution < 1.29 is 13.9 Å². The average molecular weight is 647 g/mol. The minimum absolute atomic E-state index is 0.0558. The fraction of sp³-hybridized carbons (Fsp3) is 0.500. The van der Waals surface area contributed by atoms with Crippen molar-refractivity contribution in [3.05, 3.63) is 70.7 Å². The van der Waals surface area contributed by atoms with E-state index in [2.05, 4.69) is 45.1 Å². The van der Waals surface area contributed by atoms with E-state index in [9.17, 15) is 9.18 Å². The molecule has 2 atom stereocenters. The molecule has 2 aliphatic heterocycles. The molecule has 2 fully saturated rings. The number of ether oxygens (including phenoxy) is 1. The number of pyridine rings is 1. The van der Waals surface area contributed by atoms with Crippen LogP contribution in [0.2, 0.25) is 5.02 Å². The molecule has 46 heavy (non-hydrogen) atoms. The number of halogens is 2. The average Bonchev–Trinajstić information content (AvgIpc) is 3.03. The number of anilines is 2. The summed E-state index contributed by atoms with van der Waals surface area (Å²) in [5.74, 6) is -0.298. The Morgan fingerprint density at radius 2 is 2.07 bits per heavy atom. The van der Waals surface area contributed by atoms with Gasteiger partial charge >= 0.3 is 6.01 Å². The summed E-state index contributed by atoms with van der Waals surface area (Å²) >= 11 is 6.68. The van der Waals surface area contributed by atoms with Crippen LogP contribution in [0.5, 0.6) is 6.01 Å². The molecule has 0 unspecified atom stereocenters. The zero-order chi connectivity index (χ0) is 32.4. The van der Waals surface area contributed by atoms with Gasteiger partial charge in [0.15, 0.2) is 5.83 Å². The van der Waals surface area contributed by atoms with Crippen LogP contribution in [0.3, 0.4) is 0 Å². The summed E-state index contributed by atoms with van der Waals surface area (Å²) < 4.78 is 20.1. The number of fused-ring (bicyclic) bond motifs is 2. The Bertz CT molecular complexity index is 1650. The number of aromatic nitrogens is 3. The Morgan fingerprint density at radius 1 is 1.24 bits per heavy atom. The van der Waals surface area contributed by atoms with Gasteiger partial charge in [-0.2, -0.15) is 9.97 Å². The van der Waals surface area contributed by atoms with Gasteiger partial charge in [-0.3, -0.25) is 9.78 Å². The van der Waals surface area contributed by atoms with Crippen LogP contribution in [-0.2, 0) is 17.8 Å². The normalized spacial score (nSPS) is 19.0. The van der Waals surface area contributed by atoms with Crippen LogP contribution in [-0.4, -0.2) is 95.7 Å². The summed E-state index contributed by atoms with van der Waals surface area (Å²) in [6.45, 7) is 16.4. The Morgan fingerprint density at radius 3 is 2.80 bits per heavy atom. The van der Waals surface area contributed by atoms with Crippen molar-refractivity contribution in [3.63, 3.8) is 0 Å². The van der Waals surface area contributed by atoms with Crippen LogP contribution < -0.4 is 14.5 Å². The van der Waals surface area contributed by atoms with Gasteiger partial charge in [0.25, 0.3) is 5.91 Å². The first-order valence-corrected chi connectivity index (χ1v) is 16.4. The van der Waals surface area contributed by atoms with Crippen LogP contribution in [0.15, 0.2) is 43.0 Å². The van der Waals surface area contributed by atoms with Gasteiger partial charge in [0, 0.05) is 61.3 Å². The van der Waals surface area contributed by atoms with E-state index in [1.807, 2.05) is 30.6 Å². The molecule has 3 aliphatic rings. The van der Waals surface area contributed by atoms with Gasteiger partial charge in [-0.05, 0) is 45.2 Å². The number of carbonyl (C=O) groups excluding carboxylic acids is 1. The third kappa shape index (κ3) is 6.46. The molecule has 242 valence electrons. The number of hydrogen-bond donors (Lipinski definition) is 0. The van der Waals surface area contributed by atoms with Crippen molar-refractivity contribution in [3.8, 4) is 6.01 Å². The van der Waals surface area contributed by atoms with Gasteiger partial charge in [0.05, 0.1) is 29.1 Å². The molecule has 2 aromatic heterocycles. The number of amides is 1. The van der Waals surface area contributed by atoms with Crippen molar-refractivity contribution in [2.75, 3.05) is 62.7 Å². The first-order valence-electron chi connectivity index (χ1n) is 16.0. The summed E-state index contributed by atoms with van der Waals surface area (Å²) in [4.78, 5) is 38.5. The summed E-state index contributed by atoms with van der Waals surface area (Å²) in [5, 5.41) is 2.59. The second-order valence-corrected chi connectivity index (χ2v) is 12.9. The third-order valence-electron chi connectivity index (χ3n) is 9.86. The van der Waals surface area contributed by atoms with Crippen LogP contribution in [0.1, 0.15) is 37.4 Å². The number of nitrogens with zero attached hydrogens (tertiary/aromatic N) is 8. The molecule has 1 saturated carbocycles. The Balaban J connectivity index is 1.29. The monoisotopic (exact) mass is 646 g/mol. The van der Waals surface area contributed by atoms with Crippen molar-refractivity contribution in [1.82, 2.24) is 24.8 Å². The lowest BCUT2D eigenvalue weighted by atomic mass is 9.80. The number of piperazine rings is 1. The van der Waals surface area contributed by atoms with Crippen molar-refractivity contribution in [2.24, 2.45) is 5.92 Å². The van der Waals surface area contributed by atoms with E-state index in [-0.39, 0.29) is 13.1 Å². The number of likely N-dealkylation sites (N-methyl/N-ethyl adjacent to an activating group) is 1. The predicted molar refractivity (Wildman–Crippen MR) is 178 cm³/mol. The molecule has 1 aliphatic carbocycles. The highest BCUT2D eigenvalue weighted by Gasteiger charge is 2.36. The van der Waals surface area contributed by atoms with E-state index in [1.165, 1.54) is 24.2 Å². The predicted octanol–water partition coefficient (Wildman–Crippen LogP) is 5.16. The van der Waals surface area contributed by atoms with Crippen LogP contribution >= 0.6 is 11.6 Å². The highest BCUT2D eigenvalue weighted by Crippen LogP contribution is 2.37. The number of benzene rings is 1. The molecule has 10 nitrogen and oxygen atoms in total. The number of hydrogen-bond acceptors (Lipinski definition) is 8. The first kappa shape index (κ1) is 32.0. The molecule has 1 saturated heterocycles. The fourth-order valence-corrected chi connectivity index (χ4v) is 7.11. The van der Waals surface area contributed by atoms with Crippen molar-refractivity contribution in [2.45, 2.75) is 51.2 Å². The molecule has 4 heterocycles. The largest absolute Gasteiger partial charge is 0.462 e. The molecule has 0 bridgehead atoms. The summed E-state index contributed by atoms with van der Waals surface area (Å²) in [6.07, 6.45) is 8.21. The van der Waals surface area contributed by atoms with Gasteiger partial charge in [-0.25, -0.2) is 11.0 Å². The summed E-state index contributed by atoms with van der Waals surface area (Å²) in [5.41, 5.74) is 2.80. The Kier molecular flexibility index (Phi) is 9.57. The van der Waals surface area contributed by atoms with E-state index >= 15 is 0 Å². The smallest absolute Gasteiger partial charge is 0.318 e. The third-order valence-corrected chi connectivity index (χ3v) is 10.2. The molecule has 3 aromatic rings. The second-order valence-electron chi connectivity index (χ2n) is 12.5. The molecule has 0 radical (unpaired) electrons. The standard InChI is InChI=1S/C34H40ClFN8O2/c1-22(36)33(45)44-14-13-43(20-26(44)18-37-3)32-27-11-12-42(30-19-38-17-25-9-6-10-28(35)31(25)30)21-29(27)39-34(40-32)46-16-15-41(4)23(2)24-7-5-8-24/h6,9-10,17,19,23-24,26H,1,5,7-8,11-16,18,20-21H2,2,4H3/t23-,26-/m0/s1. The highest BCUT2D eigenvalue weighted by atomic mass is 35.5. The maximum Gasteiger partial charge on any atom is 0.318 e. The zero-order valence-electron chi connectivity index (χ0n) is 26.5. The minimum atomic E-state index is -1.02. The molecule has 6 rings (SSSR count). The molecular formula is C34H40ClFN8O2. The van der Waals surface area contributed by atoms with E-state index in [1.54, 1.807) is 0 Å². The summed E-state index contributed by atoms with van der Waals surface area (Å²) in [6, 6.07) is 6.12. The molecule has 12 heteroatoms. The maximum atomic E-state index is 13.8. The molecule has 0 spiro atoms. The SMILES string of the molecule is [C-]#[N+]C[C@H]1CN(c2nc(OCCN(C)[C@@H](C)C3CCC3)nc3c2CCN(c2cncc4cccc(Cl)c24)C3)CCN1C(=O)C(=C)F. The zero-order valence-corrected chi connectivity index (χ0v) is 27.2. The van der Waals surface area contributed by atoms with E-state index in [0.717, 1.165) is 46.0 Å². The minimum Gasteiger partial charge on any atom is -0.462 e. The van der Waals surface area contributed by atoms with Crippen LogP contribution in [0.4, 0.5) is 15.9 Å². The lowest BCUT2D eigenvalue weighted by Gasteiger charge is -2.41. The molecule has 1 amide bonds. The van der Waals surface area contributed by atoms with Gasteiger partial charge in [0.1, 0.15) is 18.5 Å². The number of rotatable bonds is 10. The number of carbonyl (C=O) groups is 1. The molecular weight excluding hydrogens is 607 g/mol. The van der Waals surface area contributed by atoms with Gasteiger partial charge in [-0.1, -0.05) is 36.7 Å². The Hall–Kier alpha value is -4.01. The van der Waals surface area contributed by atoms with Crippen LogP contribution in [0, 0.1) is 12.5 Å². The lowest BCUT2D eigenvalue weighted by molar-refractivity contribution is -0.131.